The van der Waals surface area contributed by atoms with E-state index in [1.807, 2.05) is 25.1 Å². The molecule has 0 radical (unpaired) electrons. The summed E-state index contributed by atoms with van der Waals surface area (Å²) in [5.74, 6) is 2.41. The maximum absolute atomic E-state index is 10.5. The highest BCUT2D eigenvalue weighted by Gasteiger charge is 2.54. The summed E-state index contributed by atoms with van der Waals surface area (Å²) in [7, 11) is 0. The molecule has 23 heavy (non-hydrogen) atoms. The summed E-state index contributed by atoms with van der Waals surface area (Å²) in [4.78, 5) is 0. The maximum atomic E-state index is 10.5. The summed E-state index contributed by atoms with van der Waals surface area (Å²) in [6.45, 7) is 4.32. The van der Waals surface area contributed by atoms with Gasteiger partial charge in [0.05, 0.1) is 6.10 Å². The van der Waals surface area contributed by atoms with E-state index < -0.39 is 0 Å². The first-order chi connectivity index (χ1) is 11.0. The zero-order valence-corrected chi connectivity index (χ0v) is 14.3. The van der Waals surface area contributed by atoms with Crippen LogP contribution in [-0.4, -0.2) is 16.3 Å². The number of phenolic OH excluding ortho intramolecular Hbond substituents is 1. The second-order valence-corrected chi connectivity index (χ2v) is 8.16. The van der Waals surface area contributed by atoms with Gasteiger partial charge in [-0.3, -0.25) is 0 Å². The summed E-state index contributed by atoms with van der Waals surface area (Å²) >= 11 is 0. The highest BCUT2D eigenvalue weighted by atomic mass is 16.3. The molecule has 0 amide bonds. The molecule has 3 aliphatic carbocycles. The van der Waals surface area contributed by atoms with Gasteiger partial charge in [-0.2, -0.15) is 0 Å². The molecule has 2 saturated carbocycles. The van der Waals surface area contributed by atoms with Crippen molar-refractivity contribution in [1.82, 2.24) is 0 Å². The fourth-order valence-electron chi connectivity index (χ4n) is 5.91. The second-order valence-electron chi connectivity index (χ2n) is 8.16. The quantitative estimate of drug-likeness (QED) is 0.793. The lowest BCUT2D eigenvalue weighted by Gasteiger charge is -2.50. The topological polar surface area (TPSA) is 40.5 Å². The number of benzene rings is 1. The van der Waals surface area contributed by atoms with Crippen molar-refractivity contribution < 1.29 is 10.2 Å². The molecule has 2 heteroatoms. The van der Waals surface area contributed by atoms with Crippen LogP contribution >= 0.6 is 0 Å². The highest BCUT2D eigenvalue weighted by molar-refractivity contribution is 5.60. The van der Waals surface area contributed by atoms with Crippen molar-refractivity contribution in [3.63, 3.8) is 0 Å². The first kappa shape index (κ1) is 15.3. The molecular formula is C21H28O2. The molecule has 1 aromatic carbocycles. The molecule has 0 heterocycles. The molecule has 5 atom stereocenters. The number of fused-ring (bicyclic) bond motifs is 5. The Labute approximate surface area is 139 Å². The molecule has 2 nitrogen and oxygen atoms in total. The smallest absolute Gasteiger partial charge is 0.123 e. The Bertz CT molecular complexity index is 647. The normalized spacial score (nSPS) is 39.1. The molecule has 2 fully saturated rings. The summed E-state index contributed by atoms with van der Waals surface area (Å²) < 4.78 is 0. The van der Waals surface area contributed by atoms with Gasteiger partial charge in [0.2, 0.25) is 0 Å². The third-order valence-electron chi connectivity index (χ3n) is 7.17. The highest BCUT2D eigenvalue weighted by Crippen LogP contribution is 2.61. The predicted molar refractivity (Wildman–Crippen MR) is 93.4 cm³/mol. The van der Waals surface area contributed by atoms with Gasteiger partial charge < -0.3 is 10.2 Å². The van der Waals surface area contributed by atoms with Crippen molar-refractivity contribution in [1.29, 1.82) is 0 Å². The van der Waals surface area contributed by atoms with Gasteiger partial charge >= 0.3 is 0 Å². The van der Waals surface area contributed by atoms with Crippen molar-refractivity contribution in [3.8, 4) is 5.75 Å². The molecule has 3 aliphatic rings. The van der Waals surface area contributed by atoms with Crippen molar-refractivity contribution >= 4 is 6.08 Å². The van der Waals surface area contributed by atoms with E-state index in [2.05, 4.69) is 13.0 Å². The van der Waals surface area contributed by atoms with Crippen LogP contribution in [0.5, 0.6) is 5.75 Å². The molecule has 1 aromatic rings. The van der Waals surface area contributed by atoms with Crippen LogP contribution < -0.4 is 0 Å². The van der Waals surface area contributed by atoms with Crippen molar-refractivity contribution in [2.24, 2.45) is 17.3 Å². The minimum absolute atomic E-state index is 0.103. The van der Waals surface area contributed by atoms with Gasteiger partial charge in [-0.1, -0.05) is 19.1 Å². The Morgan fingerprint density at radius 1 is 1.17 bits per heavy atom. The molecule has 124 valence electrons. The fraction of sp³-hybridized carbons (Fsp3) is 0.619. The van der Waals surface area contributed by atoms with Crippen molar-refractivity contribution in [2.45, 2.75) is 64.4 Å². The predicted octanol–water partition coefficient (Wildman–Crippen LogP) is 4.64. The van der Waals surface area contributed by atoms with Crippen LogP contribution in [0.2, 0.25) is 0 Å². The summed E-state index contributed by atoms with van der Waals surface area (Å²) in [6, 6.07) is 4.23. The summed E-state index contributed by atoms with van der Waals surface area (Å²) in [6.07, 6.45) is 10.7. The zero-order valence-electron chi connectivity index (χ0n) is 14.3. The number of hydrogen-bond acceptors (Lipinski definition) is 2. The summed E-state index contributed by atoms with van der Waals surface area (Å²) in [5.41, 5.74) is 3.91. The molecule has 0 aromatic heterocycles. The number of aliphatic hydroxyl groups is 1. The molecule has 0 saturated heterocycles. The lowest BCUT2D eigenvalue weighted by molar-refractivity contribution is -0.0226. The Balaban J connectivity index is 1.73. The number of aliphatic hydroxyl groups excluding tert-OH is 1. The Morgan fingerprint density at radius 3 is 2.78 bits per heavy atom. The molecule has 2 N–H and O–H groups in total. The van der Waals surface area contributed by atoms with Crippen molar-refractivity contribution in [2.75, 3.05) is 0 Å². The van der Waals surface area contributed by atoms with Gasteiger partial charge in [0.15, 0.2) is 0 Å². The van der Waals surface area contributed by atoms with E-state index in [4.69, 9.17) is 0 Å². The second kappa shape index (κ2) is 5.37. The van der Waals surface area contributed by atoms with E-state index in [1.165, 1.54) is 30.4 Å². The maximum Gasteiger partial charge on any atom is 0.123 e. The first-order valence-corrected chi connectivity index (χ1v) is 9.21. The molecule has 0 unspecified atom stereocenters. The van der Waals surface area contributed by atoms with Gasteiger partial charge in [-0.05, 0) is 91.9 Å². The average molecular weight is 312 g/mol. The summed E-state index contributed by atoms with van der Waals surface area (Å²) in [5, 5.41) is 20.7. The van der Waals surface area contributed by atoms with E-state index in [-0.39, 0.29) is 11.5 Å². The van der Waals surface area contributed by atoms with Gasteiger partial charge in [-0.25, -0.2) is 0 Å². The van der Waals surface area contributed by atoms with E-state index in [1.54, 1.807) is 0 Å². The molecule has 0 bridgehead atoms. The monoisotopic (exact) mass is 312 g/mol. The Hall–Kier alpha value is -1.28. The van der Waals surface area contributed by atoms with Gasteiger partial charge in [-0.15, -0.1) is 0 Å². The molecule has 0 aliphatic heterocycles. The fourth-order valence-corrected chi connectivity index (χ4v) is 5.91. The van der Waals surface area contributed by atoms with Gasteiger partial charge in [0.25, 0.3) is 0 Å². The number of allylic oxidation sites excluding steroid dienone is 1. The SMILES string of the molecule is CC=Cc1cc2c(cc1O)CC[C@@H]1[C@@H]2CC[C@]2(C)[C@H](O)CC[C@@H]12. The van der Waals surface area contributed by atoms with Crippen LogP contribution in [0.1, 0.15) is 68.6 Å². The van der Waals surface area contributed by atoms with E-state index in [0.29, 0.717) is 23.5 Å². The van der Waals surface area contributed by atoms with E-state index >= 15 is 0 Å². The van der Waals surface area contributed by atoms with Gasteiger partial charge in [0, 0.05) is 5.56 Å². The number of phenols is 1. The van der Waals surface area contributed by atoms with E-state index in [9.17, 15) is 10.2 Å². The zero-order chi connectivity index (χ0) is 16.2. The molecule has 0 spiro atoms. The molecule has 4 rings (SSSR count). The van der Waals surface area contributed by atoms with Crippen LogP contribution in [0.25, 0.3) is 6.08 Å². The first-order valence-electron chi connectivity index (χ1n) is 9.21. The minimum Gasteiger partial charge on any atom is -0.507 e. The third-order valence-corrected chi connectivity index (χ3v) is 7.17. The van der Waals surface area contributed by atoms with Crippen LogP contribution in [0.4, 0.5) is 0 Å². The van der Waals surface area contributed by atoms with Gasteiger partial charge in [0.1, 0.15) is 5.75 Å². The number of rotatable bonds is 1. The minimum atomic E-state index is -0.103. The Kier molecular flexibility index (Phi) is 3.57. The average Bonchev–Trinajstić information content (AvgIpc) is 2.84. The standard InChI is InChI=1S/C21H28O2/c1-3-4-14-11-17-13(12-19(14)22)5-6-16-15(17)9-10-21(2)18(16)7-8-20(21)23/h3-4,11-12,15-16,18,20,22-23H,5-10H2,1-2H3/t15-,16+,18-,20+,21-/m0/s1. The Morgan fingerprint density at radius 2 is 2.00 bits per heavy atom. The number of aromatic hydroxyl groups is 1. The number of hydrogen-bond donors (Lipinski definition) is 2. The van der Waals surface area contributed by atoms with E-state index in [0.717, 1.165) is 24.8 Å². The lowest BCUT2D eigenvalue weighted by atomic mass is 9.55. The van der Waals surface area contributed by atoms with Crippen LogP contribution in [-0.2, 0) is 6.42 Å². The number of aryl methyl sites for hydroxylation is 1. The van der Waals surface area contributed by atoms with Crippen LogP contribution in [0.15, 0.2) is 18.2 Å². The largest absolute Gasteiger partial charge is 0.507 e. The van der Waals surface area contributed by atoms with Crippen molar-refractivity contribution in [3.05, 3.63) is 34.9 Å². The lowest BCUT2D eigenvalue weighted by Crippen LogP contribution is -2.43. The third kappa shape index (κ3) is 2.18. The van der Waals surface area contributed by atoms with Crippen LogP contribution in [0.3, 0.4) is 0 Å². The molecular weight excluding hydrogens is 284 g/mol. The van der Waals surface area contributed by atoms with Crippen LogP contribution in [0, 0.1) is 17.3 Å².